The molecule has 0 aromatic carbocycles. The molecule has 1 saturated carbocycles. The molecule has 0 amide bonds. The van der Waals surface area contributed by atoms with Crippen LogP contribution in [0.15, 0.2) is 10.9 Å². The van der Waals surface area contributed by atoms with Crippen molar-refractivity contribution < 1.29 is 0 Å². The van der Waals surface area contributed by atoms with Crippen molar-refractivity contribution >= 4 is 5.82 Å². The molecule has 2 N–H and O–H groups in total. The fourth-order valence-corrected chi connectivity index (χ4v) is 3.38. The van der Waals surface area contributed by atoms with Gasteiger partial charge in [0.05, 0.1) is 0 Å². The lowest BCUT2D eigenvalue weighted by atomic mass is 9.75. The summed E-state index contributed by atoms with van der Waals surface area (Å²) in [5, 5.41) is 3.40. The first-order chi connectivity index (χ1) is 9.95. The molecule has 1 aromatic heterocycles. The molecule has 21 heavy (non-hydrogen) atoms. The summed E-state index contributed by atoms with van der Waals surface area (Å²) in [6, 6.07) is 1.55. The highest BCUT2D eigenvalue weighted by atomic mass is 16.1. The van der Waals surface area contributed by atoms with Crippen molar-refractivity contribution in [3.05, 3.63) is 22.2 Å². The number of nitrogens with one attached hydrogen (secondary N) is 2. The van der Waals surface area contributed by atoms with Crippen molar-refractivity contribution in [2.75, 3.05) is 26.0 Å². The first-order valence-electron chi connectivity index (χ1n) is 7.97. The molecule has 0 aliphatic heterocycles. The minimum absolute atomic E-state index is 0.0831. The van der Waals surface area contributed by atoms with Gasteiger partial charge in [0, 0.05) is 24.6 Å². The van der Waals surface area contributed by atoms with Crippen LogP contribution in [-0.2, 0) is 6.42 Å². The molecule has 2 atom stereocenters. The third-order valence-electron chi connectivity index (χ3n) is 4.74. The Balaban J connectivity index is 2.12. The molecule has 2 unspecified atom stereocenters. The van der Waals surface area contributed by atoms with Crippen LogP contribution in [0.3, 0.4) is 0 Å². The topological polar surface area (TPSA) is 61.0 Å². The molecule has 1 fully saturated rings. The molecule has 0 bridgehead atoms. The molecule has 1 aliphatic carbocycles. The Labute approximate surface area is 127 Å². The van der Waals surface area contributed by atoms with Gasteiger partial charge in [0.15, 0.2) is 0 Å². The minimum atomic E-state index is -0.0831. The molecule has 0 saturated heterocycles. The Bertz CT molecular complexity index is 525. The van der Waals surface area contributed by atoms with Gasteiger partial charge in [-0.25, -0.2) is 4.98 Å². The molecule has 1 aromatic rings. The maximum atomic E-state index is 11.6. The summed E-state index contributed by atoms with van der Waals surface area (Å²) in [5.41, 5.74) is 0.0780. The highest BCUT2D eigenvalue weighted by Crippen LogP contribution is 2.35. The van der Waals surface area contributed by atoms with Crippen molar-refractivity contribution in [3.63, 3.8) is 0 Å². The normalized spacial score (nSPS) is 26.0. The van der Waals surface area contributed by atoms with Crippen molar-refractivity contribution in [2.45, 2.75) is 51.5 Å². The van der Waals surface area contributed by atoms with E-state index in [-0.39, 0.29) is 11.1 Å². The summed E-state index contributed by atoms with van der Waals surface area (Å²) in [5.74, 6) is 2.18. The minimum Gasteiger partial charge on any atom is -0.368 e. The van der Waals surface area contributed by atoms with E-state index < -0.39 is 0 Å². The number of hydrogen-bond donors (Lipinski definition) is 2. The lowest BCUT2D eigenvalue weighted by molar-refractivity contribution is 0.0881. The molecular weight excluding hydrogens is 264 g/mol. The second-order valence-corrected chi connectivity index (χ2v) is 6.60. The lowest BCUT2D eigenvalue weighted by Gasteiger charge is -2.45. The average molecular weight is 292 g/mol. The van der Waals surface area contributed by atoms with Gasteiger partial charge in [0.25, 0.3) is 5.56 Å². The van der Waals surface area contributed by atoms with Gasteiger partial charge in [0.2, 0.25) is 0 Å². The van der Waals surface area contributed by atoms with Crippen LogP contribution in [0.4, 0.5) is 5.82 Å². The molecule has 5 heteroatoms. The van der Waals surface area contributed by atoms with E-state index in [4.69, 9.17) is 0 Å². The highest BCUT2D eigenvalue weighted by molar-refractivity contribution is 5.34. The van der Waals surface area contributed by atoms with E-state index in [0.29, 0.717) is 5.82 Å². The number of anilines is 1. The predicted molar refractivity (Wildman–Crippen MR) is 86.8 cm³/mol. The Morgan fingerprint density at radius 1 is 1.52 bits per heavy atom. The molecular formula is C16H28N4O. The highest BCUT2D eigenvalue weighted by Gasteiger charge is 2.36. The third-order valence-corrected chi connectivity index (χ3v) is 4.74. The average Bonchev–Trinajstić information content (AvgIpc) is 2.44. The smallest absolute Gasteiger partial charge is 0.252 e. The molecule has 0 spiro atoms. The van der Waals surface area contributed by atoms with Crippen LogP contribution >= 0.6 is 0 Å². The summed E-state index contributed by atoms with van der Waals surface area (Å²) in [7, 11) is 4.31. The summed E-state index contributed by atoms with van der Waals surface area (Å²) >= 11 is 0. The molecule has 5 nitrogen and oxygen atoms in total. The second-order valence-electron chi connectivity index (χ2n) is 6.60. The monoisotopic (exact) mass is 292 g/mol. The number of aromatic nitrogens is 2. The zero-order chi connectivity index (χ0) is 15.5. The van der Waals surface area contributed by atoms with Gasteiger partial charge in [-0.05, 0) is 32.9 Å². The number of hydrogen-bond acceptors (Lipinski definition) is 4. The van der Waals surface area contributed by atoms with Crippen molar-refractivity contribution in [2.24, 2.45) is 5.92 Å². The lowest BCUT2D eigenvalue weighted by Crippen LogP contribution is -2.52. The Morgan fingerprint density at radius 2 is 2.29 bits per heavy atom. The van der Waals surface area contributed by atoms with Gasteiger partial charge >= 0.3 is 0 Å². The van der Waals surface area contributed by atoms with E-state index >= 15 is 0 Å². The first-order valence-corrected chi connectivity index (χ1v) is 7.97. The molecule has 1 heterocycles. The van der Waals surface area contributed by atoms with E-state index in [1.807, 2.05) is 6.92 Å². The van der Waals surface area contributed by atoms with Crippen molar-refractivity contribution in [1.82, 2.24) is 14.9 Å². The van der Waals surface area contributed by atoms with E-state index in [1.165, 1.54) is 25.7 Å². The quantitative estimate of drug-likeness (QED) is 0.874. The zero-order valence-corrected chi connectivity index (χ0v) is 13.7. The van der Waals surface area contributed by atoms with Gasteiger partial charge in [-0.15, -0.1) is 0 Å². The summed E-state index contributed by atoms with van der Waals surface area (Å²) in [6.45, 7) is 5.16. The van der Waals surface area contributed by atoms with Crippen LogP contribution in [0.2, 0.25) is 0 Å². The maximum Gasteiger partial charge on any atom is 0.252 e. The van der Waals surface area contributed by atoms with Crippen molar-refractivity contribution in [1.29, 1.82) is 0 Å². The summed E-state index contributed by atoms with van der Waals surface area (Å²) in [4.78, 5) is 21.2. The standard InChI is InChI=1S/C16H28N4O/c1-5-13-18-14(9-15(21)19-13)17-11-16(20(3)4)8-6-7-12(2)10-16/h9,12H,5-8,10-11H2,1-4H3,(H2,17,18,19,21). The van der Waals surface area contributed by atoms with Gasteiger partial charge < -0.3 is 15.2 Å². The number of likely N-dealkylation sites (N-methyl/N-ethyl adjacent to an activating group) is 1. The fourth-order valence-electron chi connectivity index (χ4n) is 3.38. The van der Waals surface area contributed by atoms with Crippen LogP contribution < -0.4 is 10.9 Å². The third kappa shape index (κ3) is 3.84. The van der Waals surface area contributed by atoms with Crippen LogP contribution in [0.5, 0.6) is 0 Å². The zero-order valence-electron chi connectivity index (χ0n) is 13.7. The van der Waals surface area contributed by atoms with Crippen LogP contribution in [-0.4, -0.2) is 41.0 Å². The SMILES string of the molecule is CCc1nc(NCC2(N(C)C)CCCC(C)C2)cc(=O)[nH]1. The predicted octanol–water partition coefficient (Wildman–Crippen LogP) is 2.25. The number of aryl methyl sites for hydroxylation is 1. The van der Waals surface area contributed by atoms with Gasteiger partial charge in [-0.1, -0.05) is 26.7 Å². The molecule has 2 rings (SSSR count). The summed E-state index contributed by atoms with van der Waals surface area (Å²) in [6.07, 6.45) is 5.71. The number of nitrogens with zero attached hydrogens (tertiary/aromatic N) is 2. The van der Waals surface area contributed by atoms with Gasteiger partial charge in [-0.3, -0.25) is 4.79 Å². The second kappa shape index (κ2) is 6.60. The largest absolute Gasteiger partial charge is 0.368 e. The first kappa shape index (κ1) is 16.0. The molecule has 1 aliphatic rings. The molecule has 118 valence electrons. The molecule has 0 radical (unpaired) electrons. The van der Waals surface area contributed by atoms with Crippen LogP contribution in [0, 0.1) is 5.92 Å². The van der Waals surface area contributed by atoms with Gasteiger partial charge in [-0.2, -0.15) is 0 Å². The maximum absolute atomic E-state index is 11.6. The fraction of sp³-hybridized carbons (Fsp3) is 0.750. The van der Waals surface area contributed by atoms with Crippen LogP contribution in [0.1, 0.15) is 45.4 Å². The van der Waals surface area contributed by atoms with E-state index in [0.717, 1.165) is 24.7 Å². The number of aromatic amines is 1. The van der Waals surface area contributed by atoms with Crippen molar-refractivity contribution in [3.8, 4) is 0 Å². The summed E-state index contributed by atoms with van der Waals surface area (Å²) < 4.78 is 0. The van der Waals surface area contributed by atoms with E-state index in [9.17, 15) is 4.79 Å². The van der Waals surface area contributed by atoms with Gasteiger partial charge in [0.1, 0.15) is 11.6 Å². The Hall–Kier alpha value is -1.36. The van der Waals surface area contributed by atoms with E-state index in [1.54, 1.807) is 6.07 Å². The number of rotatable bonds is 5. The Morgan fingerprint density at radius 3 is 2.90 bits per heavy atom. The Kier molecular flexibility index (Phi) is 5.04. The van der Waals surface area contributed by atoms with Crippen LogP contribution in [0.25, 0.3) is 0 Å². The number of H-pyrrole nitrogens is 1. The van der Waals surface area contributed by atoms with E-state index in [2.05, 4.69) is 41.2 Å².